The van der Waals surface area contributed by atoms with Crippen LogP contribution < -0.4 is 4.74 Å². The average molecular weight is 363 g/mol. The van der Waals surface area contributed by atoms with Crippen molar-refractivity contribution in [2.75, 3.05) is 13.1 Å². The van der Waals surface area contributed by atoms with Gasteiger partial charge in [-0.1, -0.05) is 32.0 Å². The summed E-state index contributed by atoms with van der Waals surface area (Å²) in [5.41, 5.74) is 1.10. The molecule has 1 aromatic carbocycles. The van der Waals surface area contributed by atoms with Crippen molar-refractivity contribution in [3.8, 4) is 5.75 Å². The van der Waals surface area contributed by atoms with E-state index in [1.807, 2.05) is 44.2 Å². The largest absolute Gasteiger partial charge is 0.487 e. The number of aromatic nitrogens is 2. The zero-order valence-corrected chi connectivity index (χ0v) is 15.0. The van der Waals surface area contributed by atoms with Crippen molar-refractivity contribution < 1.29 is 18.3 Å². The Morgan fingerprint density at radius 3 is 2.58 bits per heavy atom. The smallest absolute Gasteiger partial charge is 0.272 e. The molecule has 1 aliphatic heterocycles. The monoisotopic (exact) mass is 363 g/mol. The summed E-state index contributed by atoms with van der Waals surface area (Å²) in [6.07, 6.45) is -0.119. The molecule has 7 heteroatoms. The molecule has 0 radical (unpaired) electrons. The molecule has 1 atom stereocenters. The fourth-order valence-electron chi connectivity index (χ4n) is 2.94. The molecule has 0 saturated heterocycles. The Morgan fingerprint density at radius 2 is 1.92 bits per heavy atom. The van der Waals surface area contributed by atoms with Gasteiger partial charge in [-0.2, -0.15) is 5.10 Å². The van der Waals surface area contributed by atoms with E-state index < -0.39 is 11.8 Å². The lowest BCUT2D eigenvalue weighted by Gasteiger charge is -2.27. The van der Waals surface area contributed by atoms with E-state index in [0.717, 1.165) is 5.75 Å². The topological polar surface area (TPSA) is 47.4 Å². The Kier molecular flexibility index (Phi) is 5.25. The van der Waals surface area contributed by atoms with Gasteiger partial charge < -0.3 is 9.64 Å². The molecule has 140 valence electrons. The average Bonchev–Trinajstić information content (AvgIpc) is 3.06. The van der Waals surface area contributed by atoms with Crippen LogP contribution in [0.1, 0.15) is 36.5 Å². The Bertz CT molecular complexity index is 761. The summed E-state index contributed by atoms with van der Waals surface area (Å²) in [7, 11) is 0. The summed E-state index contributed by atoms with van der Waals surface area (Å²) in [5.74, 6) is -2.81. The molecule has 1 unspecified atom stereocenters. The molecule has 2 heterocycles. The number of hydrogen-bond acceptors (Lipinski definition) is 3. The van der Waals surface area contributed by atoms with E-state index in [-0.39, 0.29) is 25.5 Å². The van der Waals surface area contributed by atoms with Crippen LogP contribution in [0.15, 0.2) is 36.4 Å². The van der Waals surface area contributed by atoms with Crippen LogP contribution in [0.25, 0.3) is 0 Å². The fraction of sp³-hybridized carbons (Fsp3) is 0.474. The third-order valence-corrected chi connectivity index (χ3v) is 4.45. The molecule has 0 N–H and O–H groups in total. The third-order valence-electron chi connectivity index (χ3n) is 4.45. The lowest BCUT2D eigenvalue weighted by atomic mass is 10.2. The first-order chi connectivity index (χ1) is 12.5. The van der Waals surface area contributed by atoms with Crippen molar-refractivity contribution in [2.24, 2.45) is 5.92 Å². The first kappa shape index (κ1) is 18.4. The summed E-state index contributed by atoms with van der Waals surface area (Å²) < 4.78 is 33.4. The molecule has 26 heavy (non-hydrogen) atoms. The Morgan fingerprint density at radius 1 is 1.23 bits per heavy atom. The molecule has 1 fully saturated rings. The number of rotatable bonds is 5. The van der Waals surface area contributed by atoms with Crippen LogP contribution in [-0.2, 0) is 13.2 Å². The van der Waals surface area contributed by atoms with Gasteiger partial charge in [-0.05, 0) is 18.2 Å². The second-order valence-electron chi connectivity index (χ2n) is 6.26. The molecule has 5 nitrogen and oxygen atoms in total. The van der Waals surface area contributed by atoms with E-state index in [4.69, 9.17) is 4.74 Å². The van der Waals surface area contributed by atoms with Crippen molar-refractivity contribution >= 4 is 5.91 Å². The number of ether oxygens (including phenoxy) is 1. The lowest BCUT2D eigenvalue weighted by Crippen LogP contribution is -2.41. The number of benzene rings is 1. The van der Waals surface area contributed by atoms with Crippen LogP contribution in [0, 0.1) is 5.92 Å². The molecular formula is C19H23F2N3O2. The van der Waals surface area contributed by atoms with Gasteiger partial charge in [0.1, 0.15) is 23.7 Å². The van der Waals surface area contributed by atoms with Crippen molar-refractivity contribution in [2.45, 2.75) is 39.3 Å². The number of nitrogens with zero attached hydrogens (tertiary/aromatic N) is 3. The van der Waals surface area contributed by atoms with Crippen LogP contribution in [0.5, 0.6) is 5.75 Å². The van der Waals surface area contributed by atoms with Gasteiger partial charge in [0.05, 0.1) is 6.54 Å². The van der Waals surface area contributed by atoms with Gasteiger partial charge in [-0.15, -0.1) is 0 Å². The molecule has 1 saturated carbocycles. The Balaban J connectivity index is 0.000000948. The maximum Gasteiger partial charge on any atom is 0.272 e. The molecule has 1 amide bonds. The minimum atomic E-state index is -2.60. The number of para-hydroxylation sites is 1. The maximum absolute atomic E-state index is 13.1. The van der Waals surface area contributed by atoms with Crippen molar-refractivity contribution in [3.63, 3.8) is 0 Å². The van der Waals surface area contributed by atoms with Crippen LogP contribution >= 0.6 is 0 Å². The summed E-state index contributed by atoms with van der Waals surface area (Å²) in [4.78, 5) is 14.0. The first-order valence-corrected chi connectivity index (χ1v) is 8.94. The highest BCUT2D eigenvalue weighted by atomic mass is 19.3. The van der Waals surface area contributed by atoms with Crippen molar-refractivity contribution in [3.05, 3.63) is 47.8 Å². The van der Waals surface area contributed by atoms with Crippen LogP contribution in [0.2, 0.25) is 0 Å². The lowest BCUT2D eigenvalue weighted by molar-refractivity contribution is 0.0602. The zero-order chi connectivity index (χ0) is 18.7. The number of fused-ring (bicyclic) bond motifs is 1. The predicted octanol–water partition coefficient (Wildman–Crippen LogP) is 3.60. The van der Waals surface area contributed by atoms with Gasteiger partial charge in [0.2, 0.25) is 0 Å². The minimum absolute atomic E-state index is 0.118. The molecule has 0 bridgehead atoms. The molecule has 0 spiro atoms. The van der Waals surface area contributed by atoms with Crippen molar-refractivity contribution in [1.82, 2.24) is 14.7 Å². The first-order valence-electron chi connectivity index (χ1n) is 8.94. The maximum atomic E-state index is 13.1. The molecule has 2 aromatic rings. The van der Waals surface area contributed by atoms with Crippen molar-refractivity contribution in [1.29, 1.82) is 0 Å². The fourth-order valence-corrected chi connectivity index (χ4v) is 2.94. The van der Waals surface area contributed by atoms with Gasteiger partial charge in [0, 0.05) is 25.4 Å². The SMILES string of the molecule is CC.O=C1c2cc(COc3ccccc3)nn2CCN1CC1CC1(F)F. The van der Waals surface area contributed by atoms with Crippen LogP contribution in [0.4, 0.5) is 8.78 Å². The summed E-state index contributed by atoms with van der Waals surface area (Å²) >= 11 is 0. The number of carbonyl (C=O) groups is 1. The summed E-state index contributed by atoms with van der Waals surface area (Å²) in [5, 5.41) is 4.37. The van der Waals surface area contributed by atoms with E-state index in [1.54, 1.807) is 10.7 Å². The van der Waals surface area contributed by atoms with Gasteiger partial charge in [-0.3, -0.25) is 9.48 Å². The van der Waals surface area contributed by atoms with Gasteiger partial charge >= 0.3 is 0 Å². The predicted molar refractivity (Wildman–Crippen MR) is 93.3 cm³/mol. The van der Waals surface area contributed by atoms with Crippen LogP contribution in [0.3, 0.4) is 0 Å². The van der Waals surface area contributed by atoms with E-state index >= 15 is 0 Å². The van der Waals surface area contributed by atoms with Gasteiger partial charge in [0.15, 0.2) is 0 Å². The Hall–Kier alpha value is -2.44. The molecule has 2 aliphatic rings. The quantitative estimate of drug-likeness (QED) is 0.815. The number of carbonyl (C=O) groups excluding carboxylic acids is 1. The number of amides is 1. The second kappa shape index (κ2) is 7.43. The van der Waals surface area contributed by atoms with E-state index in [2.05, 4.69) is 5.10 Å². The van der Waals surface area contributed by atoms with Crippen LogP contribution in [-0.4, -0.2) is 39.6 Å². The highest BCUT2D eigenvalue weighted by Crippen LogP contribution is 2.49. The third kappa shape index (κ3) is 3.86. The van der Waals surface area contributed by atoms with Gasteiger partial charge in [-0.25, -0.2) is 8.78 Å². The standard InChI is InChI=1S/C17H17F2N3O2.C2H6/c18-17(19)9-12(17)10-21-6-7-22-15(16(21)23)8-13(20-22)11-24-14-4-2-1-3-5-14;1-2/h1-5,8,12H,6-7,9-11H2;1-2H3. The van der Waals surface area contributed by atoms with E-state index in [1.165, 1.54) is 4.90 Å². The zero-order valence-electron chi connectivity index (χ0n) is 15.0. The summed E-state index contributed by atoms with van der Waals surface area (Å²) in [6.45, 7) is 5.31. The normalized spacial score (nSPS) is 20.1. The molecule has 1 aromatic heterocycles. The molecular weight excluding hydrogens is 340 g/mol. The van der Waals surface area contributed by atoms with Gasteiger partial charge in [0.25, 0.3) is 11.8 Å². The minimum Gasteiger partial charge on any atom is -0.487 e. The number of alkyl halides is 2. The highest BCUT2D eigenvalue weighted by Gasteiger charge is 2.57. The summed E-state index contributed by atoms with van der Waals surface area (Å²) in [6, 6.07) is 11.0. The molecule has 4 rings (SSSR count). The number of hydrogen-bond donors (Lipinski definition) is 0. The number of halogens is 2. The van der Waals surface area contributed by atoms with E-state index in [0.29, 0.717) is 24.5 Å². The van der Waals surface area contributed by atoms with E-state index in [9.17, 15) is 13.6 Å². The Labute approximate surface area is 151 Å². The highest BCUT2D eigenvalue weighted by molar-refractivity contribution is 5.93. The second-order valence-corrected chi connectivity index (χ2v) is 6.26. The molecule has 1 aliphatic carbocycles.